The summed E-state index contributed by atoms with van der Waals surface area (Å²) in [5, 5.41) is 12.1. The maximum atomic E-state index is 8.65. The van der Waals surface area contributed by atoms with Crippen LogP contribution in [-0.4, -0.2) is 11.0 Å². The van der Waals surface area contributed by atoms with Crippen molar-refractivity contribution in [3.8, 4) is 5.75 Å². The summed E-state index contributed by atoms with van der Waals surface area (Å²) in [6, 6.07) is 11.3. The van der Waals surface area contributed by atoms with Gasteiger partial charge in [0, 0.05) is 16.1 Å². The van der Waals surface area contributed by atoms with Gasteiger partial charge >= 0.3 is 0 Å². The van der Waals surface area contributed by atoms with E-state index in [0.29, 0.717) is 17.2 Å². The lowest BCUT2D eigenvalue weighted by atomic mass is 10.1. The topological polar surface area (TPSA) is 67.8 Å². The molecule has 0 aliphatic carbocycles. The fourth-order valence-corrected chi connectivity index (χ4v) is 2.13. The summed E-state index contributed by atoms with van der Waals surface area (Å²) in [7, 11) is 0. The Labute approximate surface area is 128 Å². The predicted octanol–water partition coefficient (Wildman–Crippen LogP) is 3.63. The second-order valence-electron chi connectivity index (χ2n) is 4.85. The highest BCUT2D eigenvalue weighted by atomic mass is 35.5. The Morgan fingerprint density at radius 3 is 2.67 bits per heavy atom. The molecule has 2 aromatic carbocycles. The van der Waals surface area contributed by atoms with Gasteiger partial charge in [0.25, 0.3) is 0 Å². The van der Waals surface area contributed by atoms with E-state index in [-0.39, 0.29) is 5.84 Å². The van der Waals surface area contributed by atoms with E-state index in [4.69, 9.17) is 27.3 Å². The Balaban J connectivity index is 2.15. The van der Waals surface area contributed by atoms with Crippen LogP contribution in [0.3, 0.4) is 0 Å². The summed E-state index contributed by atoms with van der Waals surface area (Å²) < 4.78 is 5.82. The average Bonchev–Trinajstić information content (AvgIpc) is 2.48. The van der Waals surface area contributed by atoms with Crippen LogP contribution >= 0.6 is 11.6 Å². The molecule has 0 unspecified atom stereocenters. The van der Waals surface area contributed by atoms with Crippen LogP contribution in [0.15, 0.2) is 41.6 Å². The predicted molar refractivity (Wildman–Crippen MR) is 84.2 cm³/mol. The van der Waals surface area contributed by atoms with E-state index in [9.17, 15) is 0 Å². The van der Waals surface area contributed by atoms with Crippen molar-refractivity contribution in [2.75, 3.05) is 0 Å². The molecule has 0 bridgehead atoms. The van der Waals surface area contributed by atoms with Gasteiger partial charge in [-0.25, -0.2) is 0 Å². The highest BCUT2D eigenvalue weighted by Crippen LogP contribution is 2.23. The van der Waals surface area contributed by atoms with Gasteiger partial charge in [-0.3, -0.25) is 0 Å². The summed E-state index contributed by atoms with van der Waals surface area (Å²) in [5.41, 5.74) is 9.15. The Hall–Kier alpha value is -2.20. The normalized spacial score (nSPS) is 11.5. The fraction of sp³-hybridized carbons (Fsp3) is 0.188. The summed E-state index contributed by atoms with van der Waals surface area (Å²) in [6.07, 6.45) is 0. The molecule has 0 fully saturated rings. The van der Waals surface area contributed by atoms with Crippen LogP contribution in [-0.2, 0) is 6.61 Å². The number of nitrogens with two attached hydrogens (primary N) is 1. The average molecular weight is 305 g/mol. The second-order valence-corrected chi connectivity index (χ2v) is 5.26. The van der Waals surface area contributed by atoms with Crippen molar-refractivity contribution < 1.29 is 9.94 Å². The lowest BCUT2D eigenvalue weighted by Gasteiger charge is -2.11. The number of nitrogens with zero attached hydrogens (tertiary/aromatic N) is 1. The molecule has 0 atom stereocenters. The van der Waals surface area contributed by atoms with Crippen LogP contribution in [0, 0.1) is 13.8 Å². The summed E-state index contributed by atoms with van der Waals surface area (Å²) in [4.78, 5) is 0. The maximum absolute atomic E-state index is 8.65. The van der Waals surface area contributed by atoms with Crippen LogP contribution in [0.1, 0.15) is 22.3 Å². The number of aryl methyl sites for hydroxylation is 2. The number of ether oxygens (including phenoxy) is 1. The Bertz CT molecular complexity index is 684. The Morgan fingerprint density at radius 2 is 2.00 bits per heavy atom. The molecule has 2 rings (SSSR count). The molecule has 0 aliphatic heterocycles. The van der Waals surface area contributed by atoms with E-state index < -0.39 is 0 Å². The van der Waals surface area contributed by atoms with Gasteiger partial charge in [0.1, 0.15) is 12.4 Å². The van der Waals surface area contributed by atoms with Gasteiger partial charge in [0.15, 0.2) is 5.84 Å². The molecule has 0 radical (unpaired) electrons. The van der Waals surface area contributed by atoms with E-state index in [2.05, 4.69) is 5.16 Å². The van der Waals surface area contributed by atoms with Gasteiger partial charge in [0.2, 0.25) is 0 Å². The number of rotatable bonds is 4. The third-order valence-electron chi connectivity index (χ3n) is 3.18. The number of hydrogen-bond donors (Lipinski definition) is 2. The minimum Gasteiger partial charge on any atom is -0.489 e. The molecule has 0 aromatic heterocycles. The number of amidine groups is 1. The molecule has 0 saturated heterocycles. The first-order valence-corrected chi connectivity index (χ1v) is 6.85. The molecule has 21 heavy (non-hydrogen) atoms. The van der Waals surface area contributed by atoms with Gasteiger partial charge < -0.3 is 15.7 Å². The quantitative estimate of drug-likeness (QED) is 0.392. The zero-order chi connectivity index (χ0) is 15.4. The van der Waals surface area contributed by atoms with Crippen LogP contribution in [0.2, 0.25) is 5.02 Å². The van der Waals surface area contributed by atoms with Crippen molar-refractivity contribution in [1.29, 1.82) is 0 Å². The minimum absolute atomic E-state index is 0.0268. The zero-order valence-electron chi connectivity index (χ0n) is 11.9. The van der Waals surface area contributed by atoms with E-state index in [1.165, 1.54) is 0 Å². The van der Waals surface area contributed by atoms with E-state index in [0.717, 1.165) is 22.4 Å². The van der Waals surface area contributed by atoms with Gasteiger partial charge in [-0.15, -0.1) is 0 Å². The minimum atomic E-state index is 0.0268. The molecule has 0 amide bonds. The van der Waals surface area contributed by atoms with Gasteiger partial charge in [-0.05, 0) is 37.1 Å². The van der Waals surface area contributed by atoms with E-state index in [1.54, 1.807) is 18.2 Å². The standard InChI is InChI=1S/C16H17ClN2O2/c1-10-3-4-11(2)15(7-10)21-9-13-6-5-12(8-14(13)17)16(18)19-20/h3-8,20H,9H2,1-2H3,(H2,18,19). The summed E-state index contributed by atoms with van der Waals surface area (Å²) in [6.45, 7) is 4.38. The monoisotopic (exact) mass is 304 g/mol. The van der Waals surface area contributed by atoms with Gasteiger partial charge in [-0.1, -0.05) is 41.0 Å². The fourth-order valence-electron chi connectivity index (χ4n) is 1.90. The highest BCUT2D eigenvalue weighted by molar-refractivity contribution is 6.31. The Kier molecular flexibility index (Phi) is 4.70. The molecule has 0 saturated carbocycles. The van der Waals surface area contributed by atoms with Crippen molar-refractivity contribution in [3.05, 3.63) is 63.7 Å². The van der Waals surface area contributed by atoms with Crippen molar-refractivity contribution in [2.24, 2.45) is 10.9 Å². The number of oxime groups is 1. The molecule has 3 N–H and O–H groups in total. The third-order valence-corrected chi connectivity index (χ3v) is 3.54. The zero-order valence-corrected chi connectivity index (χ0v) is 12.7. The Morgan fingerprint density at radius 1 is 1.24 bits per heavy atom. The highest BCUT2D eigenvalue weighted by Gasteiger charge is 2.07. The van der Waals surface area contributed by atoms with Crippen molar-refractivity contribution in [3.63, 3.8) is 0 Å². The van der Waals surface area contributed by atoms with Crippen molar-refractivity contribution in [2.45, 2.75) is 20.5 Å². The molecule has 4 nitrogen and oxygen atoms in total. The van der Waals surface area contributed by atoms with Crippen LogP contribution in [0.4, 0.5) is 0 Å². The molecule has 2 aromatic rings. The first kappa shape index (κ1) is 15.2. The first-order chi connectivity index (χ1) is 10.0. The van der Waals surface area contributed by atoms with Crippen LogP contribution in [0.5, 0.6) is 5.75 Å². The number of halogens is 1. The first-order valence-electron chi connectivity index (χ1n) is 6.47. The smallest absolute Gasteiger partial charge is 0.170 e. The largest absolute Gasteiger partial charge is 0.489 e. The second kappa shape index (κ2) is 6.50. The van der Waals surface area contributed by atoms with Crippen molar-refractivity contribution in [1.82, 2.24) is 0 Å². The van der Waals surface area contributed by atoms with Crippen LogP contribution in [0.25, 0.3) is 0 Å². The molecule has 0 heterocycles. The molecule has 5 heteroatoms. The molecular weight excluding hydrogens is 288 g/mol. The molecular formula is C16H17ClN2O2. The third kappa shape index (κ3) is 3.67. The number of benzene rings is 2. The van der Waals surface area contributed by atoms with Crippen molar-refractivity contribution >= 4 is 17.4 Å². The molecule has 0 spiro atoms. The number of hydrogen-bond acceptors (Lipinski definition) is 3. The SMILES string of the molecule is Cc1ccc(C)c(OCc2ccc(/C(N)=N/O)cc2Cl)c1. The van der Waals surface area contributed by atoms with Crippen LogP contribution < -0.4 is 10.5 Å². The summed E-state index contributed by atoms with van der Waals surface area (Å²) >= 11 is 6.20. The lowest BCUT2D eigenvalue weighted by Crippen LogP contribution is -2.13. The molecule has 110 valence electrons. The van der Waals surface area contributed by atoms with Gasteiger partial charge in [0.05, 0.1) is 0 Å². The summed E-state index contributed by atoms with van der Waals surface area (Å²) in [5.74, 6) is 0.866. The van der Waals surface area contributed by atoms with Gasteiger partial charge in [-0.2, -0.15) is 0 Å². The molecule has 0 aliphatic rings. The van der Waals surface area contributed by atoms with E-state index >= 15 is 0 Å². The van der Waals surface area contributed by atoms with E-state index in [1.807, 2.05) is 32.0 Å². The maximum Gasteiger partial charge on any atom is 0.170 e. The lowest BCUT2D eigenvalue weighted by molar-refractivity contribution is 0.304.